The molecule has 0 saturated heterocycles. The highest BCUT2D eigenvalue weighted by Crippen LogP contribution is 2.41. The van der Waals surface area contributed by atoms with Gasteiger partial charge in [-0.1, -0.05) is 19.3 Å². The average Bonchev–Trinajstić information content (AvgIpc) is 2.96. The van der Waals surface area contributed by atoms with Crippen molar-refractivity contribution in [3.63, 3.8) is 0 Å². The van der Waals surface area contributed by atoms with Crippen LogP contribution in [-0.2, 0) is 7.05 Å². The lowest BCUT2D eigenvalue weighted by molar-refractivity contribution is 0.215. The van der Waals surface area contributed by atoms with Crippen molar-refractivity contribution >= 4 is 11.8 Å². The molecule has 5 heteroatoms. The molecule has 0 aliphatic heterocycles. The van der Waals surface area contributed by atoms with Crippen molar-refractivity contribution in [1.29, 1.82) is 0 Å². The minimum Gasteiger partial charge on any atom is -0.335 e. The number of aryl methyl sites for hydroxylation is 2. The van der Waals surface area contributed by atoms with Crippen molar-refractivity contribution in [2.24, 2.45) is 18.9 Å². The van der Waals surface area contributed by atoms with Crippen LogP contribution in [0.2, 0.25) is 0 Å². The molecule has 3 rings (SSSR count). The Bertz CT molecular complexity index is 477. The molecule has 1 heterocycles. The molecule has 2 fully saturated rings. The molecule has 1 aromatic heterocycles. The third-order valence-corrected chi connectivity index (χ3v) is 4.98. The van der Waals surface area contributed by atoms with E-state index in [2.05, 4.69) is 15.7 Å². The predicted molar refractivity (Wildman–Crippen MR) is 78.6 cm³/mol. The molecular weight excluding hydrogens is 252 g/mol. The minimum atomic E-state index is -0.121. The lowest BCUT2D eigenvalue weighted by Gasteiger charge is -2.32. The summed E-state index contributed by atoms with van der Waals surface area (Å²) in [6, 6.07) is 2.09. The molecule has 2 amide bonds. The maximum atomic E-state index is 12.0. The van der Waals surface area contributed by atoms with Crippen LogP contribution in [0.5, 0.6) is 0 Å². The van der Waals surface area contributed by atoms with Gasteiger partial charge in [0.05, 0.1) is 0 Å². The number of fused-ring (bicyclic) bond motifs is 1. The molecule has 3 atom stereocenters. The predicted octanol–water partition coefficient (Wildman–Crippen LogP) is 2.82. The van der Waals surface area contributed by atoms with E-state index >= 15 is 0 Å². The molecular formula is C15H24N4O. The van der Waals surface area contributed by atoms with E-state index in [1.54, 1.807) is 4.68 Å². The van der Waals surface area contributed by atoms with Crippen LogP contribution in [0.4, 0.5) is 10.6 Å². The molecule has 2 aliphatic carbocycles. The zero-order chi connectivity index (χ0) is 14.1. The highest BCUT2D eigenvalue weighted by atomic mass is 16.2. The Morgan fingerprint density at radius 3 is 2.85 bits per heavy atom. The van der Waals surface area contributed by atoms with Gasteiger partial charge < -0.3 is 5.32 Å². The zero-order valence-electron chi connectivity index (χ0n) is 12.4. The van der Waals surface area contributed by atoms with Gasteiger partial charge in [-0.05, 0) is 38.0 Å². The minimum absolute atomic E-state index is 0.121. The number of nitrogens with one attached hydrogen (secondary N) is 2. The van der Waals surface area contributed by atoms with E-state index in [9.17, 15) is 4.79 Å². The van der Waals surface area contributed by atoms with Crippen LogP contribution in [0.1, 0.15) is 44.2 Å². The molecule has 0 aromatic carbocycles. The fourth-order valence-corrected chi connectivity index (χ4v) is 3.79. The summed E-state index contributed by atoms with van der Waals surface area (Å²) in [4.78, 5) is 12.0. The monoisotopic (exact) mass is 276 g/mol. The van der Waals surface area contributed by atoms with E-state index < -0.39 is 0 Å². The number of hydrogen-bond donors (Lipinski definition) is 2. The molecule has 2 saturated carbocycles. The first-order valence-corrected chi connectivity index (χ1v) is 7.70. The Balaban J connectivity index is 1.51. The molecule has 0 radical (unpaired) electrons. The summed E-state index contributed by atoms with van der Waals surface area (Å²) in [5.74, 6) is 2.39. The highest BCUT2D eigenvalue weighted by molar-refractivity contribution is 5.88. The SMILES string of the molecule is Cc1cc(NC(=O)NC2CCC3CCCC3C2)nn1C. The smallest absolute Gasteiger partial charge is 0.320 e. The van der Waals surface area contributed by atoms with Crippen LogP contribution in [0.3, 0.4) is 0 Å². The van der Waals surface area contributed by atoms with Crippen molar-refractivity contribution in [3.05, 3.63) is 11.8 Å². The first-order chi connectivity index (χ1) is 9.61. The molecule has 5 nitrogen and oxygen atoms in total. The summed E-state index contributed by atoms with van der Waals surface area (Å²) in [5.41, 5.74) is 1.03. The summed E-state index contributed by atoms with van der Waals surface area (Å²) in [6.07, 6.45) is 7.68. The molecule has 2 aliphatic rings. The molecule has 110 valence electrons. The van der Waals surface area contributed by atoms with Gasteiger partial charge in [-0.3, -0.25) is 10.00 Å². The fourth-order valence-electron chi connectivity index (χ4n) is 3.79. The lowest BCUT2D eigenvalue weighted by atomic mass is 9.79. The Morgan fingerprint density at radius 2 is 2.10 bits per heavy atom. The number of anilines is 1. The Kier molecular flexibility index (Phi) is 3.68. The Morgan fingerprint density at radius 1 is 1.30 bits per heavy atom. The molecule has 2 N–H and O–H groups in total. The Labute approximate surface area is 120 Å². The molecule has 1 aromatic rings. The maximum absolute atomic E-state index is 12.0. The second-order valence-corrected chi connectivity index (χ2v) is 6.35. The summed E-state index contributed by atoms with van der Waals surface area (Å²) in [6.45, 7) is 1.97. The van der Waals surface area contributed by atoms with Gasteiger partial charge in [-0.25, -0.2) is 4.79 Å². The summed E-state index contributed by atoms with van der Waals surface area (Å²) >= 11 is 0. The van der Waals surface area contributed by atoms with Crippen molar-refractivity contribution in [2.45, 2.75) is 51.5 Å². The molecule has 0 spiro atoms. The second kappa shape index (κ2) is 5.46. The van der Waals surface area contributed by atoms with Crippen LogP contribution < -0.4 is 10.6 Å². The van der Waals surface area contributed by atoms with Gasteiger partial charge in [0.2, 0.25) is 0 Å². The number of hydrogen-bond acceptors (Lipinski definition) is 2. The van der Waals surface area contributed by atoms with E-state index in [1.807, 2.05) is 20.0 Å². The maximum Gasteiger partial charge on any atom is 0.320 e. The number of amides is 2. The van der Waals surface area contributed by atoms with Crippen molar-refractivity contribution in [2.75, 3.05) is 5.32 Å². The number of rotatable bonds is 2. The van der Waals surface area contributed by atoms with Crippen molar-refractivity contribution in [3.8, 4) is 0 Å². The quantitative estimate of drug-likeness (QED) is 0.872. The van der Waals surface area contributed by atoms with E-state index in [4.69, 9.17) is 0 Å². The van der Waals surface area contributed by atoms with Crippen molar-refractivity contribution < 1.29 is 4.79 Å². The molecule has 0 bridgehead atoms. The van der Waals surface area contributed by atoms with E-state index in [0.29, 0.717) is 11.9 Å². The van der Waals surface area contributed by atoms with Gasteiger partial charge in [0.1, 0.15) is 0 Å². The highest BCUT2D eigenvalue weighted by Gasteiger charge is 2.34. The lowest BCUT2D eigenvalue weighted by Crippen LogP contribution is -2.42. The number of nitrogens with zero attached hydrogens (tertiary/aromatic N) is 2. The number of urea groups is 1. The fraction of sp³-hybridized carbons (Fsp3) is 0.733. The average molecular weight is 276 g/mol. The van der Waals surface area contributed by atoms with Gasteiger partial charge in [-0.15, -0.1) is 0 Å². The summed E-state index contributed by atoms with van der Waals surface area (Å²) in [7, 11) is 1.87. The van der Waals surface area contributed by atoms with E-state index in [0.717, 1.165) is 30.4 Å². The summed E-state index contributed by atoms with van der Waals surface area (Å²) in [5, 5.41) is 10.2. The van der Waals surface area contributed by atoms with Gasteiger partial charge in [0.25, 0.3) is 0 Å². The third-order valence-electron chi connectivity index (χ3n) is 4.98. The second-order valence-electron chi connectivity index (χ2n) is 6.35. The zero-order valence-corrected chi connectivity index (χ0v) is 12.4. The summed E-state index contributed by atoms with van der Waals surface area (Å²) < 4.78 is 1.76. The number of aromatic nitrogens is 2. The van der Waals surface area contributed by atoms with Crippen LogP contribution >= 0.6 is 0 Å². The van der Waals surface area contributed by atoms with Gasteiger partial charge >= 0.3 is 6.03 Å². The van der Waals surface area contributed by atoms with E-state index in [-0.39, 0.29) is 6.03 Å². The standard InChI is InChI=1S/C15H24N4O/c1-10-8-14(18-19(10)2)17-15(20)16-13-7-6-11-4-3-5-12(11)9-13/h8,11-13H,3-7,9H2,1-2H3,(H2,16,17,18,20). The van der Waals surface area contributed by atoms with Crippen LogP contribution in [-0.4, -0.2) is 21.9 Å². The number of carbonyl (C=O) groups excluding carboxylic acids is 1. The topological polar surface area (TPSA) is 59.0 Å². The normalized spacial score (nSPS) is 29.0. The molecule has 20 heavy (non-hydrogen) atoms. The van der Waals surface area contributed by atoms with E-state index in [1.165, 1.54) is 25.7 Å². The van der Waals surface area contributed by atoms with Crippen LogP contribution in [0.25, 0.3) is 0 Å². The van der Waals surface area contributed by atoms with Crippen LogP contribution in [0.15, 0.2) is 6.07 Å². The number of carbonyl (C=O) groups is 1. The van der Waals surface area contributed by atoms with Crippen LogP contribution in [0, 0.1) is 18.8 Å². The van der Waals surface area contributed by atoms with Gasteiger partial charge in [0.15, 0.2) is 5.82 Å². The first-order valence-electron chi connectivity index (χ1n) is 7.70. The first kappa shape index (κ1) is 13.5. The Hall–Kier alpha value is -1.52. The third kappa shape index (κ3) is 2.81. The van der Waals surface area contributed by atoms with Gasteiger partial charge in [-0.2, -0.15) is 5.10 Å². The van der Waals surface area contributed by atoms with Crippen molar-refractivity contribution in [1.82, 2.24) is 15.1 Å². The molecule has 3 unspecified atom stereocenters. The van der Waals surface area contributed by atoms with Gasteiger partial charge in [0, 0.05) is 24.8 Å². The largest absolute Gasteiger partial charge is 0.335 e.